The Hall–Kier alpha value is -2.24. The first kappa shape index (κ1) is 12.8. The first-order chi connectivity index (χ1) is 9.70. The Morgan fingerprint density at radius 3 is 3.15 bits per heavy atom. The predicted molar refractivity (Wildman–Crippen MR) is 79.6 cm³/mol. The van der Waals surface area contributed by atoms with Crippen LogP contribution in [0.25, 0.3) is 10.9 Å². The molecule has 0 bridgehead atoms. The Morgan fingerprint density at radius 1 is 1.50 bits per heavy atom. The summed E-state index contributed by atoms with van der Waals surface area (Å²) in [7, 11) is 1.68. The zero-order valence-electron chi connectivity index (χ0n) is 11.5. The summed E-state index contributed by atoms with van der Waals surface area (Å²) in [6.07, 6.45) is 4.76. The molecule has 1 saturated heterocycles. The normalized spacial score (nSPS) is 19.2. The van der Waals surface area contributed by atoms with E-state index in [9.17, 15) is 4.79 Å². The lowest BCUT2D eigenvalue weighted by molar-refractivity contribution is -0.122. The van der Waals surface area contributed by atoms with Crippen LogP contribution in [-0.2, 0) is 4.79 Å². The Balaban J connectivity index is 2.02. The van der Waals surface area contributed by atoms with Crippen molar-refractivity contribution >= 4 is 28.2 Å². The monoisotopic (exact) mass is 273 g/mol. The number of nitrogens with one attached hydrogen (secondary N) is 2. The van der Waals surface area contributed by atoms with Gasteiger partial charge in [-0.05, 0) is 31.4 Å². The maximum Gasteiger partial charge on any atom is 0.242 e. The molecule has 1 aromatic heterocycles. The number of benzene rings is 1. The van der Waals surface area contributed by atoms with Crippen LogP contribution in [0.1, 0.15) is 19.3 Å². The van der Waals surface area contributed by atoms with Gasteiger partial charge >= 0.3 is 0 Å². The molecule has 1 aromatic carbocycles. The highest BCUT2D eigenvalue weighted by molar-refractivity contribution is 5.92. The summed E-state index contributed by atoms with van der Waals surface area (Å²) < 4.78 is 0. The van der Waals surface area contributed by atoms with Crippen molar-refractivity contribution in [3.63, 3.8) is 0 Å². The van der Waals surface area contributed by atoms with E-state index in [1.165, 1.54) is 0 Å². The van der Waals surface area contributed by atoms with E-state index in [1.807, 2.05) is 12.1 Å². The summed E-state index contributed by atoms with van der Waals surface area (Å²) in [6, 6.07) is 3.75. The highest BCUT2D eigenvalue weighted by Crippen LogP contribution is 2.32. The number of nitrogens with zero attached hydrogens (tertiary/aromatic N) is 2. The molecule has 0 aliphatic carbocycles. The van der Waals surface area contributed by atoms with Crippen molar-refractivity contribution < 1.29 is 4.79 Å². The lowest BCUT2D eigenvalue weighted by Gasteiger charge is -2.36. The van der Waals surface area contributed by atoms with Gasteiger partial charge in [0, 0.05) is 19.0 Å². The lowest BCUT2D eigenvalue weighted by atomic mass is 9.99. The van der Waals surface area contributed by atoms with Gasteiger partial charge in [-0.3, -0.25) is 9.89 Å². The third kappa shape index (κ3) is 2.07. The summed E-state index contributed by atoms with van der Waals surface area (Å²) in [5, 5.41) is 10.7. The zero-order valence-corrected chi connectivity index (χ0v) is 11.5. The van der Waals surface area contributed by atoms with Gasteiger partial charge in [0.25, 0.3) is 0 Å². The van der Waals surface area contributed by atoms with Gasteiger partial charge in [-0.1, -0.05) is 0 Å². The van der Waals surface area contributed by atoms with Crippen molar-refractivity contribution in [1.82, 2.24) is 15.5 Å². The largest absolute Gasteiger partial charge is 0.397 e. The minimum atomic E-state index is -0.142. The Labute approximate surface area is 117 Å². The van der Waals surface area contributed by atoms with E-state index in [0.717, 1.165) is 42.4 Å². The van der Waals surface area contributed by atoms with Crippen LogP contribution in [0.5, 0.6) is 0 Å². The fourth-order valence-corrected chi connectivity index (χ4v) is 2.91. The van der Waals surface area contributed by atoms with Gasteiger partial charge < -0.3 is 16.0 Å². The van der Waals surface area contributed by atoms with E-state index < -0.39 is 0 Å². The van der Waals surface area contributed by atoms with Gasteiger partial charge in [0.15, 0.2) is 0 Å². The number of aromatic amines is 1. The summed E-state index contributed by atoms with van der Waals surface area (Å²) in [5.74, 6) is 0.0498. The molecule has 0 radical (unpaired) electrons. The number of H-pyrrole nitrogens is 1. The second kappa shape index (κ2) is 5.03. The lowest BCUT2D eigenvalue weighted by Crippen LogP contribution is -2.49. The number of hydrogen-bond acceptors (Lipinski definition) is 4. The number of nitrogens with two attached hydrogens (primary N) is 1. The third-order valence-corrected chi connectivity index (χ3v) is 3.95. The second-order valence-corrected chi connectivity index (χ2v) is 5.19. The highest BCUT2D eigenvalue weighted by Gasteiger charge is 2.29. The standard InChI is InChI=1S/C14H19N5O/c1-16-14(20)12-4-2-3-5-19(12)13-7-11-9(6-10(13)15)8-17-18-11/h6-8,12H,2-5,15H2,1H3,(H,16,20)(H,17,18). The van der Waals surface area contributed by atoms with Gasteiger partial charge in [-0.15, -0.1) is 0 Å². The Bertz CT molecular complexity index is 636. The van der Waals surface area contributed by atoms with Gasteiger partial charge in [0.05, 0.1) is 23.1 Å². The molecule has 1 atom stereocenters. The molecule has 0 spiro atoms. The summed E-state index contributed by atoms with van der Waals surface area (Å²) >= 11 is 0. The Kier molecular flexibility index (Phi) is 3.22. The molecule has 1 fully saturated rings. The van der Waals surface area contributed by atoms with Crippen molar-refractivity contribution in [2.75, 3.05) is 24.2 Å². The number of rotatable bonds is 2. The van der Waals surface area contributed by atoms with Gasteiger partial charge in [-0.25, -0.2) is 0 Å². The number of hydrogen-bond donors (Lipinski definition) is 3. The summed E-state index contributed by atoms with van der Waals surface area (Å²) in [4.78, 5) is 14.2. The van der Waals surface area contributed by atoms with E-state index in [0.29, 0.717) is 5.69 Å². The molecule has 2 heterocycles. The average Bonchev–Trinajstić information content (AvgIpc) is 2.92. The molecular weight excluding hydrogens is 254 g/mol. The zero-order chi connectivity index (χ0) is 14.1. The van der Waals surface area contributed by atoms with Crippen LogP contribution in [-0.4, -0.2) is 35.7 Å². The van der Waals surface area contributed by atoms with Crippen LogP contribution >= 0.6 is 0 Å². The van der Waals surface area contributed by atoms with Crippen LogP contribution in [0.15, 0.2) is 18.3 Å². The number of anilines is 2. The SMILES string of the molecule is CNC(=O)C1CCCCN1c1cc2[nH]ncc2cc1N. The van der Waals surface area contributed by atoms with E-state index in [1.54, 1.807) is 13.2 Å². The quantitative estimate of drug-likeness (QED) is 0.719. The van der Waals surface area contributed by atoms with Crippen molar-refractivity contribution in [2.24, 2.45) is 0 Å². The van der Waals surface area contributed by atoms with E-state index in [2.05, 4.69) is 20.4 Å². The predicted octanol–water partition coefficient (Wildman–Crippen LogP) is 1.25. The molecule has 0 saturated carbocycles. The number of piperidine rings is 1. The highest BCUT2D eigenvalue weighted by atomic mass is 16.2. The van der Waals surface area contributed by atoms with E-state index in [-0.39, 0.29) is 11.9 Å². The number of carbonyl (C=O) groups is 1. The number of fused-ring (bicyclic) bond motifs is 1. The topological polar surface area (TPSA) is 87.0 Å². The molecule has 3 rings (SSSR count). The van der Waals surface area contributed by atoms with Crippen LogP contribution < -0.4 is 16.0 Å². The molecule has 6 nitrogen and oxygen atoms in total. The molecule has 1 aliphatic rings. The molecule has 2 aromatic rings. The molecule has 6 heteroatoms. The van der Waals surface area contributed by atoms with Gasteiger partial charge in [0.1, 0.15) is 6.04 Å². The van der Waals surface area contributed by atoms with Crippen molar-refractivity contribution in [3.05, 3.63) is 18.3 Å². The molecular formula is C14H19N5O. The van der Waals surface area contributed by atoms with Gasteiger partial charge in [-0.2, -0.15) is 5.10 Å². The molecule has 4 N–H and O–H groups in total. The fourth-order valence-electron chi connectivity index (χ4n) is 2.91. The van der Waals surface area contributed by atoms with Crippen LogP contribution in [0, 0.1) is 0 Å². The van der Waals surface area contributed by atoms with Crippen LogP contribution in [0.4, 0.5) is 11.4 Å². The van der Waals surface area contributed by atoms with Crippen molar-refractivity contribution in [3.8, 4) is 0 Å². The molecule has 106 valence electrons. The summed E-state index contributed by atoms with van der Waals surface area (Å²) in [5.41, 5.74) is 8.71. The van der Waals surface area contributed by atoms with E-state index >= 15 is 0 Å². The first-order valence-corrected chi connectivity index (χ1v) is 6.91. The minimum Gasteiger partial charge on any atom is -0.397 e. The number of nitrogen functional groups attached to an aromatic ring is 1. The maximum atomic E-state index is 12.1. The van der Waals surface area contributed by atoms with Crippen LogP contribution in [0.3, 0.4) is 0 Å². The third-order valence-electron chi connectivity index (χ3n) is 3.95. The number of amides is 1. The second-order valence-electron chi connectivity index (χ2n) is 5.19. The number of aromatic nitrogens is 2. The van der Waals surface area contributed by atoms with Crippen molar-refractivity contribution in [1.29, 1.82) is 0 Å². The Morgan fingerprint density at radius 2 is 2.35 bits per heavy atom. The van der Waals surface area contributed by atoms with Crippen molar-refractivity contribution in [2.45, 2.75) is 25.3 Å². The number of carbonyl (C=O) groups excluding carboxylic acids is 1. The fraction of sp³-hybridized carbons (Fsp3) is 0.429. The first-order valence-electron chi connectivity index (χ1n) is 6.91. The average molecular weight is 273 g/mol. The van der Waals surface area contributed by atoms with Gasteiger partial charge in [0.2, 0.25) is 5.91 Å². The number of likely N-dealkylation sites (N-methyl/N-ethyl adjacent to an activating group) is 1. The molecule has 20 heavy (non-hydrogen) atoms. The molecule has 1 aliphatic heterocycles. The van der Waals surface area contributed by atoms with Crippen LogP contribution in [0.2, 0.25) is 0 Å². The minimum absolute atomic E-state index is 0.0498. The van der Waals surface area contributed by atoms with E-state index in [4.69, 9.17) is 5.73 Å². The summed E-state index contributed by atoms with van der Waals surface area (Å²) in [6.45, 7) is 0.849. The molecule has 1 unspecified atom stereocenters. The smallest absolute Gasteiger partial charge is 0.242 e. The molecule has 1 amide bonds. The maximum absolute atomic E-state index is 12.1.